The Balaban J connectivity index is 2.10. The number of aliphatic hydroxyl groups is 1. The predicted molar refractivity (Wildman–Crippen MR) is 103 cm³/mol. The number of likely N-dealkylation sites (tertiary alicyclic amines) is 1. The van der Waals surface area contributed by atoms with E-state index in [4.69, 9.17) is 9.47 Å². The molecule has 0 radical (unpaired) electrons. The van der Waals surface area contributed by atoms with Crippen molar-refractivity contribution in [2.24, 2.45) is 0 Å². The van der Waals surface area contributed by atoms with Crippen molar-refractivity contribution in [1.82, 2.24) is 9.88 Å². The van der Waals surface area contributed by atoms with Crippen LogP contribution in [0.2, 0.25) is 0 Å². The third-order valence-corrected chi connectivity index (χ3v) is 4.54. The first-order valence-corrected chi connectivity index (χ1v) is 8.99. The van der Waals surface area contributed by atoms with E-state index in [2.05, 4.69) is 4.98 Å². The number of methoxy groups -OCH3 is 1. The summed E-state index contributed by atoms with van der Waals surface area (Å²) in [7, 11) is 1.53. The van der Waals surface area contributed by atoms with Gasteiger partial charge in [-0.1, -0.05) is 12.1 Å². The highest BCUT2D eigenvalue weighted by atomic mass is 16.5. The molecule has 0 saturated carbocycles. The van der Waals surface area contributed by atoms with Crippen molar-refractivity contribution in [2.75, 3.05) is 26.9 Å². The maximum absolute atomic E-state index is 12.8. The van der Waals surface area contributed by atoms with Crippen molar-refractivity contribution in [3.05, 3.63) is 65.5 Å². The van der Waals surface area contributed by atoms with Gasteiger partial charge in [0.1, 0.15) is 11.5 Å². The summed E-state index contributed by atoms with van der Waals surface area (Å²) in [5, 5.41) is 10.8. The Morgan fingerprint density at radius 2 is 1.82 bits per heavy atom. The van der Waals surface area contributed by atoms with E-state index in [9.17, 15) is 14.7 Å². The summed E-state index contributed by atoms with van der Waals surface area (Å²) in [6.07, 6.45) is 3.03. The molecule has 0 bridgehead atoms. The number of aliphatic hydroxyl groups excluding tert-OH is 1. The monoisotopic (exact) mass is 382 g/mol. The van der Waals surface area contributed by atoms with Crippen LogP contribution in [0.5, 0.6) is 5.75 Å². The van der Waals surface area contributed by atoms with Gasteiger partial charge < -0.3 is 19.5 Å². The minimum Gasteiger partial charge on any atom is -0.507 e. The zero-order valence-corrected chi connectivity index (χ0v) is 15.8. The standard InChI is InChI=1S/C21H22N2O5/c1-3-28-16-6-4-14(5-7-16)18-17(19(24)15-8-10-22-11-9-15)20(25)21(26)23(18)12-13-27-2/h4-11,18,24H,3,12-13H2,1-2H3/b19-17-. The number of pyridine rings is 1. The molecule has 146 valence electrons. The van der Waals surface area contributed by atoms with Crippen LogP contribution in [-0.4, -0.2) is 53.5 Å². The minimum atomic E-state index is -0.718. The van der Waals surface area contributed by atoms with Crippen molar-refractivity contribution < 1.29 is 24.2 Å². The average Bonchev–Trinajstić information content (AvgIpc) is 2.98. The number of ether oxygens (including phenoxy) is 2. The van der Waals surface area contributed by atoms with Crippen molar-refractivity contribution in [3.63, 3.8) is 0 Å². The molecule has 28 heavy (non-hydrogen) atoms. The van der Waals surface area contributed by atoms with E-state index in [0.29, 0.717) is 23.5 Å². The lowest BCUT2D eigenvalue weighted by Gasteiger charge is -2.25. The lowest BCUT2D eigenvalue weighted by molar-refractivity contribution is -0.140. The van der Waals surface area contributed by atoms with Crippen molar-refractivity contribution in [2.45, 2.75) is 13.0 Å². The Labute approximate surface area is 163 Å². The molecule has 1 aromatic heterocycles. The highest BCUT2D eigenvalue weighted by Crippen LogP contribution is 2.39. The Morgan fingerprint density at radius 3 is 2.43 bits per heavy atom. The Hall–Kier alpha value is -3.19. The maximum Gasteiger partial charge on any atom is 0.295 e. The molecule has 1 amide bonds. The number of carbonyl (C=O) groups excluding carboxylic acids is 2. The van der Waals surface area contributed by atoms with Crippen LogP contribution >= 0.6 is 0 Å². The van der Waals surface area contributed by atoms with Crippen LogP contribution in [0, 0.1) is 0 Å². The summed E-state index contributed by atoms with van der Waals surface area (Å²) >= 11 is 0. The summed E-state index contributed by atoms with van der Waals surface area (Å²) in [6, 6.07) is 9.62. The van der Waals surface area contributed by atoms with E-state index in [0.717, 1.165) is 0 Å². The first-order chi connectivity index (χ1) is 13.6. The third kappa shape index (κ3) is 3.75. The number of hydrogen-bond acceptors (Lipinski definition) is 6. The molecular formula is C21H22N2O5. The largest absolute Gasteiger partial charge is 0.507 e. The average molecular weight is 382 g/mol. The Kier molecular flexibility index (Phi) is 6.06. The topological polar surface area (TPSA) is 89.0 Å². The smallest absolute Gasteiger partial charge is 0.295 e. The molecule has 7 heteroatoms. The van der Waals surface area contributed by atoms with Gasteiger partial charge in [0.2, 0.25) is 0 Å². The molecule has 0 aliphatic carbocycles. The number of amides is 1. The zero-order valence-electron chi connectivity index (χ0n) is 15.8. The molecule has 1 aliphatic rings. The molecule has 1 aromatic carbocycles. The second-order valence-corrected chi connectivity index (χ2v) is 6.22. The van der Waals surface area contributed by atoms with E-state index >= 15 is 0 Å². The fraction of sp³-hybridized carbons (Fsp3) is 0.286. The number of Topliss-reactive ketones (excluding diaryl/α,β-unsaturated/α-hetero) is 1. The quantitative estimate of drug-likeness (QED) is 0.450. The maximum atomic E-state index is 12.8. The van der Waals surface area contributed by atoms with Crippen LogP contribution < -0.4 is 4.74 Å². The molecule has 1 aliphatic heterocycles. The molecule has 0 spiro atoms. The Morgan fingerprint density at radius 1 is 1.14 bits per heavy atom. The van der Waals surface area contributed by atoms with Gasteiger partial charge in [0, 0.05) is 31.6 Å². The second-order valence-electron chi connectivity index (χ2n) is 6.22. The van der Waals surface area contributed by atoms with Crippen LogP contribution in [-0.2, 0) is 14.3 Å². The lowest BCUT2D eigenvalue weighted by atomic mass is 9.95. The first-order valence-electron chi connectivity index (χ1n) is 8.99. The summed E-state index contributed by atoms with van der Waals surface area (Å²) in [6.45, 7) is 2.93. The number of carbonyl (C=O) groups is 2. The normalized spacial score (nSPS) is 18.5. The summed E-state index contributed by atoms with van der Waals surface area (Å²) in [5.74, 6) is -0.912. The minimum absolute atomic E-state index is 0.0523. The number of benzene rings is 1. The summed E-state index contributed by atoms with van der Waals surface area (Å²) in [5.41, 5.74) is 1.18. The van der Waals surface area contributed by atoms with Gasteiger partial charge in [-0.05, 0) is 36.8 Å². The third-order valence-electron chi connectivity index (χ3n) is 4.54. The van der Waals surface area contributed by atoms with E-state index < -0.39 is 17.7 Å². The van der Waals surface area contributed by atoms with Crippen LogP contribution in [0.15, 0.2) is 54.4 Å². The zero-order chi connectivity index (χ0) is 20.1. The second kappa shape index (κ2) is 8.67. The first kappa shape index (κ1) is 19.6. The van der Waals surface area contributed by atoms with Gasteiger partial charge in [0.15, 0.2) is 0 Å². The number of hydrogen-bond donors (Lipinski definition) is 1. The van der Waals surface area contributed by atoms with E-state index in [-0.39, 0.29) is 24.5 Å². The molecule has 2 aromatic rings. The van der Waals surface area contributed by atoms with Crippen LogP contribution in [0.3, 0.4) is 0 Å². The van der Waals surface area contributed by atoms with E-state index in [1.807, 2.05) is 6.92 Å². The lowest BCUT2D eigenvalue weighted by Crippen LogP contribution is -2.32. The molecule has 3 rings (SSSR count). The predicted octanol–water partition coefficient (Wildman–Crippen LogP) is 2.55. The van der Waals surface area contributed by atoms with Gasteiger partial charge >= 0.3 is 0 Å². The van der Waals surface area contributed by atoms with Crippen molar-refractivity contribution >= 4 is 17.4 Å². The molecular weight excluding hydrogens is 360 g/mol. The molecule has 2 heterocycles. The fourth-order valence-corrected chi connectivity index (χ4v) is 3.23. The van der Waals surface area contributed by atoms with Crippen molar-refractivity contribution in [1.29, 1.82) is 0 Å². The number of rotatable bonds is 7. The molecule has 1 unspecified atom stereocenters. The molecule has 1 fully saturated rings. The molecule has 1 N–H and O–H groups in total. The van der Waals surface area contributed by atoms with Gasteiger partial charge in [0.25, 0.3) is 11.7 Å². The molecule has 7 nitrogen and oxygen atoms in total. The van der Waals surface area contributed by atoms with Crippen LogP contribution in [0.25, 0.3) is 5.76 Å². The van der Waals surface area contributed by atoms with Gasteiger partial charge in [-0.2, -0.15) is 0 Å². The Bertz CT molecular complexity index is 877. The number of aromatic nitrogens is 1. The summed E-state index contributed by atoms with van der Waals surface area (Å²) < 4.78 is 10.6. The number of ketones is 1. The molecule has 1 atom stereocenters. The van der Waals surface area contributed by atoms with Gasteiger partial charge in [0.05, 0.1) is 24.8 Å². The van der Waals surface area contributed by atoms with Crippen LogP contribution in [0.4, 0.5) is 0 Å². The van der Waals surface area contributed by atoms with Gasteiger partial charge in [-0.3, -0.25) is 14.6 Å². The van der Waals surface area contributed by atoms with E-state index in [1.54, 1.807) is 36.4 Å². The van der Waals surface area contributed by atoms with E-state index in [1.165, 1.54) is 24.4 Å². The van der Waals surface area contributed by atoms with Gasteiger partial charge in [-0.25, -0.2) is 0 Å². The SMILES string of the molecule is CCOc1ccc(C2/C(=C(/O)c3ccncc3)C(=O)C(=O)N2CCOC)cc1. The van der Waals surface area contributed by atoms with Crippen LogP contribution in [0.1, 0.15) is 24.1 Å². The highest BCUT2D eigenvalue weighted by Gasteiger charge is 2.45. The molecule has 1 saturated heterocycles. The fourth-order valence-electron chi connectivity index (χ4n) is 3.23. The number of nitrogens with zero attached hydrogens (tertiary/aromatic N) is 2. The summed E-state index contributed by atoms with van der Waals surface area (Å²) in [4.78, 5) is 30.8. The van der Waals surface area contributed by atoms with Crippen molar-refractivity contribution in [3.8, 4) is 5.75 Å². The van der Waals surface area contributed by atoms with Gasteiger partial charge in [-0.15, -0.1) is 0 Å². The highest BCUT2D eigenvalue weighted by molar-refractivity contribution is 6.46.